The van der Waals surface area contributed by atoms with Crippen LogP contribution in [0, 0.1) is 5.82 Å². The van der Waals surface area contributed by atoms with Crippen molar-refractivity contribution < 1.29 is 9.50 Å². The zero-order valence-corrected chi connectivity index (χ0v) is 8.44. The summed E-state index contributed by atoms with van der Waals surface area (Å²) in [6.45, 7) is 2.30. The van der Waals surface area contributed by atoms with Crippen LogP contribution in [0.25, 0.3) is 0 Å². The molecule has 4 heteroatoms. The van der Waals surface area contributed by atoms with Crippen LogP contribution in [0.2, 0.25) is 0 Å². The van der Waals surface area contributed by atoms with Gasteiger partial charge in [-0.3, -0.25) is 0 Å². The molecular formula is C10H15FN2O. The summed E-state index contributed by atoms with van der Waals surface area (Å²) in [5.74, 6) is -0.00579. The highest BCUT2D eigenvalue weighted by atomic mass is 19.1. The van der Waals surface area contributed by atoms with Crippen molar-refractivity contribution in [2.75, 3.05) is 18.5 Å². The lowest BCUT2D eigenvalue weighted by atomic mass is 10.3. The molecular weight excluding hydrogens is 183 g/mol. The summed E-state index contributed by atoms with van der Waals surface area (Å²) in [6, 6.07) is 2.93. The Morgan fingerprint density at radius 1 is 1.64 bits per heavy atom. The summed E-state index contributed by atoms with van der Waals surface area (Å²) in [7, 11) is 1.76. The average Bonchev–Trinajstić information content (AvgIpc) is 2.15. The molecule has 0 spiro atoms. The van der Waals surface area contributed by atoms with Crippen molar-refractivity contribution >= 4 is 5.82 Å². The SMILES string of the molecule is CC(O)CCN(C)c1ncccc1F. The molecule has 14 heavy (non-hydrogen) atoms. The molecule has 0 amide bonds. The van der Waals surface area contributed by atoms with Gasteiger partial charge in [-0.05, 0) is 25.5 Å². The summed E-state index contributed by atoms with van der Waals surface area (Å²) in [5.41, 5.74) is 0. The largest absolute Gasteiger partial charge is 0.393 e. The topological polar surface area (TPSA) is 36.4 Å². The van der Waals surface area contributed by atoms with Crippen LogP contribution in [0.4, 0.5) is 10.2 Å². The van der Waals surface area contributed by atoms with Gasteiger partial charge in [-0.2, -0.15) is 0 Å². The Bertz CT molecular complexity index is 291. The number of hydrogen-bond acceptors (Lipinski definition) is 3. The second kappa shape index (κ2) is 4.91. The third-order valence-corrected chi connectivity index (χ3v) is 1.98. The van der Waals surface area contributed by atoms with Gasteiger partial charge >= 0.3 is 0 Å². The van der Waals surface area contributed by atoms with E-state index in [1.165, 1.54) is 6.07 Å². The maximum Gasteiger partial charge on any atom is 0.165 e. The Balaban J connectivity index is 2.60. The Labute approximate surface area is 83.2 Å². The highest BCUT2D eigenvalue weighted by Crippen LogP contribution is 2.13. The molecule has 0 bridgehead atoms. The van der Waals surface area contributed by atoms with Crippen LogP contribution in [0.15, 0.2) is 18.3 Å². The first-order chi connectivity index (χ1) is 6.61. The molecule has 1 unspecified atom stereocenters. The van der Waals surface area contributed by atoms with Crippen molar-refractivity contribution in [3.05, 3.63) is 24.1 Å². The standard InChI is InChI=1S/C10H15FN2O/c1-8(14)5-7-13(2)10-9(11)4-3-6-12-10/h3-4,6,8,14H,5,7H2,1-2H3. The lowest BCUT2D eigenvalue weighted by molar-refractivity contribution is 0.186. The highest BCUT2D eigenvalue weighted by molar-refractivity contribution is 5.38. The molecule has 0 radical (unpaired) electrons. The van der Waals surface area contributed by atoms with E-state index >= 15 is 0 Å². The van der Waals surface area contributed by atoms with Crippen LogP contribution in [0.5, 0.6) is 0 Å². The van der Waals surface area contributed by atoms with E-state index in [4.69, 9.17) is 5.11 Å². The van der Waals surface area contributed by atoms with Gasteiger partial charge < -0.3 is 10.0 Å². The molecule has 1 atom stereocenters. The van der Waals surface area contributed by atoms with E-state index in [1.54, 1.807) is 31.1 Å². The lowest BCUT2D eigenvalue weighted by Gasteiger charge is -2.18. The number of rotatable bonds is 4. The van der Waals surface area contributed by atoms with E-state index in [0.29, 0.717) is 18.8 Å². The van der Waals surface area contributed by atoms with Gasteiger partial charge in [0.05, 0.1) is 6.10 Å². The van der Waals surface area contributed by atoms with Gasteiger partial charge in [-0.15, -0.1) is 0 Å². The van der Waals surface area contributed by atoms with Crippen LogP contribution in [-0.2, 0) is 0 Å². The molecule has 0 aliphatic carbocycles. The molecule has 1 N–H and O–H groups in total. The number of hydrogen-bond donors (Lipinski definition) is 1. The van der Waals surface area contributed by atoms with Crippen molar-refractivity contribution in [2.45, 2.75) is 19.4 Å². The van der Waals surface area contributed by atoms with E-state index in [9.17, 15) is 4.39 Å². The molecule has 0 aliphatic heterocycles. The molecule has 1 aromatic heterocycles. The molecule has 0 fully saturated rings. The smallest absolute Gasteiger partial charge is 0.165 e. The number of anilines is 1. The van der Waals surface area contributed by atoms with Crippen molar-refractivity contribution in [1.82, 2.24) is 4.98 Å². The first kappa shape index (κ1) is 10.9. The third kappa shape index (κ3) is 2.96. The van der Waals surface area contributed by atoms with Crippen molar-refractivity contribution in [1.29, 1.82) is 0 Å². The van der Waals surface area contributed by atoms with Crippen LogP contribution in [0.3, 0.4) is 0 Å². The van der Waals surface area contributed by atoms with Crippen LogP contribution < -0.4 is 4.90 Å². The number of halogens is 1. The van der Waals surface area contributed by atoms with Crippen LogP contribution >= 0.6 is 0 Å². The second-order valence-corrected chi connectivity index (χ2v) is 3.37. The maximum absolute atomic E-state index is 13.2. The van der Waals surface area contributed by atoms with E-state index in [-0.39, 0.29) is 11.9 Å². The zero-order chi connectivity index (χ0) is 10.6. The predicted molar refractivity (Wildman–Crippen MR) is 53.8 cm³/mol. The summed E-state index contributed by atoms with van der Waals surface area (Å²) >= 11 is 0. The van der Waals surface area contributed by atoms with Gasteiger partial charge in [0, 0.05) is 19.8 Å². The van der Waals surface area contributed by atoms with E-state index in [1.807, 2.05) is 0 Å². The highest BCUT2D eigenvalue weighted by Gasteiger charge is 2.08. The minimum absolute atomic E-state index is 0.327. The quantitative estimate of drug-likeness (QED) is 0.795. The fraction of sp³-hybridized carbons (Fsp3) is 0.500. The summed E-state index contributed by atoms with van der Waals surface area (Å²) in [4.78, 5) is 5.62. The van der Waals surface area contributed by atoms with Gasteiger partial charge in [0.1, 0.15) is 0 Å². The zero-order valence-electron chi connectivity index (χ0n) is 8.44. The first-order valence-corrected chi connectivity index (χ1v) is 4.61. The first-order valence-electron chi connectivity index (χ1n) is 4.61. The molecule has 78 valence electrons. The number of aromatic nitrogens is 1. The van der Waals surface area contributed by atoms with Crippen molar-refractivity contribution in [3.8, 4) is 0 Å². The molecule has 0 aliphatic rings. The van der Waals surface area contributed by atoms with Gasteiger partial charge in [0.2, 0.25) is 0 Å². The van der Waals surface area contributed by atoms with Crippen LogP contribution in [-0.4, -0.2) is 29.8 Å². The minimum Gasteiger partial charge on any atom is -0.393 e. The second-order valence-electron chi connectivity index (χ2n) is 3.37. The predicted octanol–water partition coefficient (Wildman–Crippen LogP) is 1.43. The van der Waals surface area contributed by atoms with Gasteiger partial charge in [0.25, 0.3) is 0 Å². The third-order valence-electron chi connectivity index (χ3n) is 1.98. The maximum atomic E-state index is 13.2. The summed E-state index contributed by atoms with van der Waals surface area (Å²) in [5, 5.41) is 9.08. The van der Waals surface area contributed by atoms with Gasteiger partial charge in [0.15, 0.2) is 11.6 Å². The van der Waals surface area contributed by atoms with Crippen molar-refractivity contribution in [3.63, 3.8) is 0 Å². The molecule has 1 rings (SSSR count). The fourth-order valence-electron chi connectivity index (χ4n) is 1.14. The lowest BCUT2D eigenvalue weighted by Crippen LogP contribution is -2.23. The summed E-state index contributed by atoms with van der Waals surface area (Å²) in [6.07, 6.45) is 1.79. The molecule has 0 saturated heterocycles. The molecule has 0 saturated carbocycles. The molecule has 3 nitrogen and oxygen atoms in total. The average molecular weight is 198 g/mol. The number of pyridine rings is 1. The Morgan fingerprint density at radius 2 is 2.36 bits per heavy atom. The number of aliphatic hydroxyl groups excluding tert-OH is 1. The van der Waals surface area contributed by atoms with Crippen LogP contribution in [0.1, 0.15) is 13.3 Å². The van der Waals surface area contributed by atoms with Gasteiger partial charge in [-0.25, -0.2) is 9.37 Å². The molecule has 1 heterocycles. The van der Waals surface area contributed by atoms with E-state index in [0.717, 1.165) is 0 Å². The monoisotopic (exact) mass is 198 g/mol. The minimum atomic E-state index is -0.371. The Morgan fingerprint density at radius 3 is 2.93 bits per heavy atom. The number of aliphatic hydroxyl groups is 1. The van der Waals surface area contributed by atoms with E-state index < -0.39 is 0 Å². The van der Waals surface area contributed by atoms with E-state index in [2.05, 4.69) is 4.98 Å². The molecule has 0 aromatic carbocycles. The van der Waals surface area contributed by atoms with Gasteiger partial charge in [-0.1, -0.05) is 0 Å². The molecule has 1 aromatic rings. The number of nitrogens with zero attached hydrogens (tertiary/aromatic N) is 2. The summed E-state index contributed by atoms with van der Waals surface area (Å²) < 4.78 is 13.2. The normalized spacial score (nSPS) is 12.6. The Hall–Kier alpha value is -1.16. The van der Waals surface area contributed by atoms with Crippen molar-refractivity contribution in [2.24, 2.45) is 0 Å². The Kier molecular flexibility index (Phi) is 3.83. The fourth-order valence-corrected chi connectivity index (χ4v) is 1.14.